The Labute approximate surface area is 94.0 Å². The van der Waals surface area contributed by atoms with Gasteiger partial charge in [0.05, 0.1) is 20.5 Å². The van der Waals surface area contributed by atoms with Gasteiger partial charge < -0.3 is 14.9 Å². The van der Waals surface area contributed by atoms with Gasteiger partial charge in [0.1, 0.15) is 5.57 Å². The second-order valence-electron chi connectivity index (χ2n) is 2.99. The quantitative estimate of drug-likeness (QED) is 0.364. The molecule has 0 aliphatic rings. The van der Waals surface area contributed by atoms with Crippen LogP contribution in [0.2, 0.25) is 0 Å². The molecule has 84 valence electrons. The molecule has 0 saturated heterocycles. The summed E-state index contributed by atoms with van der Waals surface area (Å²) in [6.45, 7) is 0. The van der Waals surface area contributed by atoms with Gasteiger partial charge in [-0.2, -0.15) is 0 Å². The summed E-state index contributed by atoms with van der Waals surface area (Å²) >= 11 is 0. The van der Waals surface area contributed by atoms with Gasteiger partial charge in [-0.1, -0.05) is 24.3 Å². The SMILES string of the molecule is CO/C=C(/C(=O)OC)c1ccccc1C=N. The summed E-state index contributed by atoms with van der Waals surface area (Å²) in [7, 11) is 2.76. The Balaban J connectivity index is 3.26. The fourth-order valence-electron chi connectivity index (χ4n) is 1.32. The van der Waals surface area contributed by atoms with Gasteiger partial charge in [-0.3, -0.25) is 0 Å². The number of rotatable bonds is 4. The molecule has 0 spiro atoms. The molecule has 0 saturated carbocycles. The smallest absolute Gasteiger partial charge is 0.341 e. The van der Waals surface area contributed by atoms with Gasteiger partial charge in [-0.05, 0) is 0 Å². The minimum absolute atomic E-state index is 0.295. The molecule has 16 heavy (non-hydrogen) atoms. The van der Waals surface area contributed by atoms with Crippen LogP contribution in [0.1, 0.15) is 11.1 Å². The number of nitrogens with one attached hydrogen (secondary N) is 1. The lowest BCUT2D eigenvalue weighted by atomic mass is 10.0. The molecule has 4 heteroatoms. The van der Waals surface area contributed by atoms with Gasteiger partial charge in [0.2, 0.25) is 0 Å². The van der Waals surface area contributed by atoms with Crippen LogP contribution >= 0.6 is 0 Å². The number of methoxy groups -OCH3 is 2. The maximum absolute atomic E-state index is 11.5. The van der Waals surface area contributed by atoms with E-state index in [0.717, 1.165) is 0 Å². The lowest BCUT2D eigenvalue weighted by Crippen LogP contribution is -2.06. The summed E-state index contributed by atoms with van der Waals surface area (Å²) in [4.78, 5) is 11.5. The Morgan fingerprint density at radius 3 is 2.56 bits per heavy atom. The maximum atomic E-state index is 11.5. The van der Waals surface area contributed by atoms with Crippen LogP contribution in [0, 0.1) is 5.41 Å². The summed E-state index contributed by atoms with van der Waals surface area (Å²) < 4.78 is 9.50. The molecular weight excluding hydrogens is 206 g/mol. The van der Waals surface area contributed by atoms with Crippen LogP contribution < -0.4 is 0 Å². The molecule has 0 fully saturated rings. The van der Waals surface area contributed by atoms with Crippen LogP contribution in [0.5, 0.6) is 0 Å². The van der Waals surface area contributed by atoms with Gasteiger partial charge in [0.25, 0.3) is 0 Å². The van der Waals surface area contributed by atoms with Crippen molar-refractivity contribution in [3.05, 3.63) is 41.7 Å². The first kappa shape index (κ1) is 12.0. The minimum atomic E-state index is -0.490. The van der Waals surface area contributed by atoms with Crippen molar-refractivity contribution in [2.75, 3.05) is 14.2 Å². The minimum Gasteiger partial charge on any atom is -0.503 e. The molecule has 0 atom stereocenters. The normalized spacial score (nSPS) is 10.8. The molecule has 0 bridgehead atoms. The van der Waals surface area contributed by atoms with E-state index in [4.69, 9.17) is 10.1 Å². The van der Waals surface area contributed by atoms with E-state index in [2.05, 4.69) is 4.74 Å². The number of esters is 1. The number of carbonyl (C=O) groups excluding carboxylic acids is 1. The Morgan fingerprint density at radius 1 is 1.31 bits per heavy atom. The predicted molar refractivity (Wildman–Crippen MR) is 61.3 cm³/mol. The standard InChI is InChI=1S/C12H13NO3/c1-15-8-11(12(14)16-2)10-6-4-3-5-9(10)7-13/h3-8,13H,1-2H3/b11-8+,13-7?. The number of carbonyl (C=O) groups is 1. The summed E-state index contributed by atoms with van der Waals surface area (Å²) in [5.41, 5.74) is 1.55. The van der Waals surface area contributed by atoms with Crippen LogP contribution in [0.15, 0.2) is 30.5 Å². The highest BCUT2D eigenvalue weighted by Gasteiger charge is 2.15. The monoisotopic (exact) mass is 219 g/mol. The zero-order valence-electron chi connectivity index (χ0n) is 9.19. The third kappa shape index (κ3) is 2.48. The van der Waals surface area contributed by atoms with Crippen LogP contribution in [0.25, 0.3) is 5.57 Å². The topological polar surface area (TPSA) is 59.4 Å². The van der Waals surface area contributed by atoms with E-state index in [1.165, 1.54) is 26.7 Å². The second kappa shape index (κ2) is 5.70. The molecule has 0 aliphatic heterocycles. The van der Waals surface area contributed by atoms with E-state index < -0.39 is 5.97 Å². The third-order valence-corrected chi connectivity index (χ3v) is 2.05. The van der Waals surface area contributed by atoms with E-state index >= 15 is 0 Å². The molecular formula is C12H13NO3. The first-order chi connectivity index (χ1) is 7.74. The Kier molecular flexibility index (Phi) is 4.27. The Hall–Kier alpha value is -2.10. The first-order valence-corrected chi connectivity index (χ1v) is 4.65. The van der Waals surface area contributed by atoms with Crippen molar-refractivity contribution in [1.29, 1.82) is 5.41 Å². The van der Waals surface area contributed by atoms with Gasteiger partial charge in [0, 0.05) is 17.3 Å². The summed E-state index contributed by atoms with van der Waals surface area (Å²) in [6, 6.07) is 7.07. The molecule has 0 aromatic heterocycles. The van der Waals surface area contributed by atoms with Crippen LogP contribution in [0.4, 0.5) is 0 Å². The van der Waals surface area contributed by atoms with Crippen LogP contribution in [-0.2, 0) is 14.3 Å². The average molecular weight is 219 g/mol. The fraction of sp³-hybridized carbons (Fsp3) is 0.167. The van der Waals surface area contributed by atoms with Gasteiger partial charge in [-0.15, -0.1) is 0 Å². The largest absolute Gasteiger partial charge is 0.503 e. The molecule has 1 aromatic carbocycles. The lowest BCUT2D eigenvalue weighted by Gasteiger charge is -2.07. The van der Waals surface area contributed by atoms with Crippen molar-refractivity contribution in [2.45, 2.75) is 0 Å². The molecule has 1 rings (SSSR count). The summed E-state index contributed by atoms with van der Waals surface area (Å²) in [5, 5.41) is 7.26. The molecule has 0 radical (unpaired) electrons. The van der Waals surface area contributed by atoms with Gasteiger partial charge in [-0.25, -0.2) is 4.79 Å². The van der Waals surface area contributed by atoms with E-state index in [0.29, 0.717) is 16.7 Å². The van der Waals surface area contributed by atoms with Crippen molar-refractivity contribution in [2.24, 2.45) is 0 Å². The Bertz CT molecular complexity index is 424. The van der Waals surface area contributed by atoms with Crippen molar-refractivity contribution in [3.8, 4) is 0 Å². The molecule has 4 nitrogen and oxygen atoms in total. The Morgan fingerprint density at radius 2 is 2.00 bits per heavy atom. The van der Waals surface area contributed by atoms with Crippen molar-refractivity contribution in [3.63, 3.8) is 0 Å². The molecule has 0 unspecified atom stereocenters. The number of hydrogen-bond acceptors (Lipinski definition) is 4. The number of ether oxygens (including phenoxy) is 2. The highest BCUT2D eigenvalue weighted by molar-refractivity contribution is 6.17. The second-order valence-corrected chi connectivity index (χ2v) is 2.99. The van der Waals surface area contributed by atoms with Gasteiger partial charge >= 0.3 is 5.97 Å². The third-order valence-electron chi connectivity index (χ3n) is 2.05. The molecule has 0 amide bonds. The van der Waals surface area contributed by atoms with Crippen LogP contribution in [0.3, 0.4) is 0 Å². The zero-order valence-corrected chi connectivity index (χ0v) is 9.19. The fourth-order valence-corrected chi connectivity index (χ4v) is 1.32. The first-order valence-electron chi connectivity index (χ1n) is 4.65. The average Bonchev–Trinajstić information content (AvgIpc) is 2.35. The summed E-state index contributed by atoms with van der Waals surface area (Å²) in [6.07, 6.45) is 2.50. The zero-order chi connectivity index (χ0) is 12.0. The molecule has 1 N–H and O–H groups in total. The van der Waals surface area contributed by atoms with E-state index in [9.17, 15) is 4.79 Å². The summed E-state index contributed by atoms with van der Waals surface area (Å²) in [5.74, 6) is -0.490. The molecule has 1 aromatic rings. The van der Waals surface area contributed by atoms with E-state index in [1.54, 1.807) is 24.3 Å². The van der Waals surface area contributed by atoms with Crippen molar-refractivity contribution < 1.29 is 14.3 Å². The van der Waals surface area contributed by atoms with Crippen molar-refractivity contribution in [1.82, 2.24) is 0 Å². The highest BCUT2D eigenvalue weighted by atomic mass is 16.5. The lowest BCUT2D eigenvalue weighted by molar-refractivity contribution is -0.133. The van der Waals surface area contributed by atoms with E-state index in [-0.39, 0.29) is 0 Å². The maximum Gasteiger partial charge on any atom is 0.341 e. The number of benzene rings is 1. The highest BCUT2D eigenvalue weighted by Crippen LogP contribution is 2.19. The van der Waals surface area contributed by atoms with E-state index in [1.807, 2.05) is 0 Å². The van der Waals surface area contributed by atoms with Gasteiger partial charge in [0.15, 0.2) is 0 Å². The number of hydrogen-bond donors (Lipinski definition) is 1. The van der Waals surface area contributed by atoms with Crippen molar-refractivity contribution >= 4 is 17.8 Å². The molecule has 0 heterocycles. The van der Waals surface area contributed by atoms with Crippen LogP contribution in [-0.4, -0.2) is 26.4 Å². The molecule has 0 aliphatic carbocycles. The predicted octanol–water partition coefficient (Wildman–Crippen LogP) is 1.84.